The summed E-state index contributed by atoms with van der Waals surface area (Å²) >= 11 is 1.61. The summed E-state index contributed by atoms with van der Waals surface area (Å²) in [5.74, 6) is 3.92. The van der Waals surface area contributed by atoms with E-state index in [1.807, 2.05) is 13.8 Å². The quantitative estimate of drug-likeness (QED) is 0.589. The standard InChI is InChI=1S/C14H22N2O2S/c1-5-9-19-10-8-16-11(4)12(17)15-14(6-2,7-3)13(16)18/h1,11H,6-10H2,2-4H3,(H,15,17). The number of amides is 2. The highest BCUT2D eigenvalue weighted by atomic mass is 32.2. The van der Waals surface area contributed by atoms with Crippen molar-refractivity contribution in [1.29, 1.82) is 0 Å². The van der Waals surface area contributed by atoms with Gasteiger partial charge in [-0.3, -0.25) is 9.59 Å². The molecule has 0 spiro atoms. The van der Waals surface area contributed by atoms with Gasteiger partial charge in [0.2, 0.25) is 11.8 Å². The largest absolute Gasteiger partial charge is 0.340 e. The molecule has 1 unspecified atom stereocenters. The van der Waals surface area contributed by atoms with Crippen LogP contribution in [0.3, 0.4) is 0 Å². The number of nitrogens with one attached hydrogen (secondary N) is 1. The maximum absolute atomic E-state index is 12.6. The predicted octanol–water partition coefficient (Wildman–Crippen LogP) is 1.26. The van der Waals surface area contributed by atoms with Gasteiger partial charge < -0.3 is 10.2 Å². The predicted molar refractivity (Wildman–Crippen MR) is 78.8 cm³/mol. The number of terminal acetylenes is 1. The number of hydrogen-bond acceptors (Lipinski definition) is 3. The third-order valence-electron chi connectivity index (χ3n) is 3.75. The normalized spacial score (nSPS) is 22.0. The van der Waals surface area contributed by atoms with E-state index in [0.717, 1.165) is 5.75 Å². The van der Waals surface area contributed by atoms with Crippen LogP contribution in [-0.4, -0.2) is 46.3 Å². The molecule has 1 N–H and O–H groups in total. The van der Waals surface area contributed by atoms with Crippen LogP contribution in [0.25, 0.3) is 0 Å². The molecule has 1 aliphatic heterocycles. The first-order valence-corrected chi connectivity index (χ1v) is 7.82. The van der Waals surface area contributed by atoms with E-state index >= 15 is 0 Å². The van der Waals surface area contributed by atoms with Gasteiger partial charge in [0.25, 0.3) is 0 Å². The number of rotatable bonds is 6. The van der Waals surface area contributed by atoms with Gasteiger partial charge in [-0.25, -0.2) is 0 Å². The van der Waals surface area contributed by atoms with Crippen LogP contribution in [0.4, 0.5) is 0 Å². The van der Waals surface area contributed by atoms with Gasteiger partial charge in [0.05, 0.1) is 5.75 Å². The van der Waals surface area contributed by atoms with Crippen molar-refractivity contribution in [1.82, 2.24) is 10.2 Å². The van der Waals surface area contributed by atoms with Gasteiger partial charge in [0.1, 0.15) is 11.6 Å². The molecule has 1 aliphatic rings. The van der Waals surface area contributed by atoms with E-state index in [1.165, 1.54) is 0 Å². The van der Waals surface area contributed by atoms with Crippen molar-refractivity contribution in [2.45, 2.75) is 45.2 Å². The summed E-state index contributed by atoms with van der Waals surface area (Å²) in [6.07, 6.45) is 6.43. The zero-order valence-corrected chi connectivity index (χ0v) is 12.7. The van der Waals surface area contributed by atoms with Crippen molar-refractivity contribution in [2.75, 3.05) is 18.1 Å². The highest BCUT2D eigenvalue weighted by molar-refractivity contribution is 7.99. The van der Waals surface area contributed by atoms with Crippen LogP contribution >= 0.6 is 11.8 Å². The molecule has 5 heteroatoms. The van der Waals surface area contributed by atoms with E-state index in [2.05, 4.69) is 11.2 Å². The van der Waals surface area contributed by atoms with Crippen LogP contribution in [0.15, 0.2) is 0 Å². The van der Waals surface area contributed by atoms with E-state index < -0.39 is 11.6 Å². The van der Waals surface area contributed by atoms with E-state index in [-0.39, 0.29) is 11.8 Å². The molecule has 0 aromatic rings. The van der Waals surface area contributed by atoms with Gasteiger partial charge in [-0.2, -0.15) is 0 Å². The van der Waals surface area contributed by atoms with Crippen LogP contribution in [0.5, 0.6) is 0 Å². The topological polar surface area (TPSA) is 49.4 Å². The van der Waals surface area contributed by atoms with Crippen molar-refractivity contribution in [3.63, 3.8) is 0 Å². The molecule has 1 fully saturated rings. The van der Waals surface area contributed by atoms with Crippen LogP contribution in [0.1, 0.15) is 33.6 Å². The number of nitrogens with zero attached hydrogens (tertiary/aromatic N) is 1. The first-order valence-electron chi connectivity index (χ1n) is 6.66. The minimum absolute atomic E-state index is 0.0332. The number of thioether (sulfide) groups is 1. The lowest BCUT2D eigenvalue weighted by Gasteiger charge is -2.44. The molecule has 0 bridgehead atoms. The van der Waals surface area contributed by atoms with E-state index in [0.29, 0.717) is 25.1 Å². The average Bonchev–Trinajstić information content (AvgIpc) is 2.42. The highest BCUT2D eigenvalue weighted by Gasteiger charge is 2.46. The van der Waals surface area contributed by atoms with Gasteiger partial charge in [0.15, 0.2) is 0 Å². The van der Waals surface area contributed by atoms with Gasteiger partial charge in [0, 0.05) is 12.3 Å². The second-order valence-electron chi connectivity index (χ2n) is 4.71. The van der Waals surface area contributed by atoms with Gasteiger partial charge in [-0.1, -0.05) is 19.8 Å². The first-order chi connectivity index (χ1) is 9.02. The molecule has 0 radical (unpaired) electrons. The van der Waals surface area contributed by atoms with Crippen LogP contribution in [0, 0.1) is 12.3 Å². The second kappa shape index (κ2) is 6.85. The van der Waals surface area contributed by atoms with Crippen LogP contribution in [-0.2, 0) is 9.59 Å². The third-order valence-corrected chi connectivity index (χ3v) is 4.59. The smallest absolute Gasteiger partial charge is 0.249 e. The lowest BCUT2D eigenvalue weighted by atomic mass is 9.87. The molecule has 1 atom stereocenters. The highest BCUT2D eigenvalue weighted by Crippen LogP contribution is 2.25. The molecule has 0 aliphatic carbocycles. The molecule has 0 saturated carbocycles. The van der Waals surface area contributed by atoms with Crippen molar-refractivity contribution in [2.24, 2.45) is 0 Å². The fourth-order valence-electron chi connectivity index (χ4n) is 2.30. The lowest BCUT2D eigenvalue weighted by molar-refractivity contribution is -0.154. The lowest BCUT2D eigenvalue weighted by Crippen LogP contribution is -2.69. The Morgan fingerprint density at radius 2 is 2.05 bits per heavy atom. The molecule has 0 aromatic carbocycles. The third kappa shape index (κ3) is 3.24. The minimum Gasteiger partial charge on any atom is -0.340 e. The Bertz CT molecular complexity index is 385. The Balaban J connectivity index is 2.79. The zero-order chi connectivity index (χ0) is 14.5. The Kier molecular flexibility index (Phi) is 5.74. The number of piperazine rings is 1. The molecular weight excluding hydrogens is 260 g/mol. The van der Waals surface area contributed by atoms with Crippen molar-refractivity contribution >= 4 is 23.6 Å². The van der Waals surface area contributed by atoms with E-state index in [4.69, 9.17) is 6.42 Å². The summed E-state index contributed by atoms with van der Waals surface area (Å²) in [5.41, 5.74) is -0.722. The minimum atomic E-state index is -0.722. The number of hydrogen-bond donors (Lipinski definition) is 1. The second-order valence-corrected chi connectivity index (χ2v) is 5.81. The van der Waals surface area contributed by atoms with Gasteiger partial charge in [-0.15, -0.1) is 18.2 Å². The summed E-state index contributed by atoms with van der Waals surface area (Å²) in [4.78, 5) is 26.3. The van der Waals surface area contributed by atoms with Gasteiger partial charge in [-0.05, 0) is 19.8 Å². The zero-order valence-electron chi connectivity index (χ0n) is 11.9. The van der Waals surface area contributed by atoms with Crippen LogP contribution < -0.4 is 5.32 Å². The van der Waals surface area contributed by atoms with E-state index in [9.17, 15) is 9.59 Å². The SMILES string of the molecule is C#CCSCCN1C(=O)C(CC)(CC)NC(=O)C1C. The molecule has 1 saturated heterocycles. The van der Waals surface area contributed by atoms with Crippen molar-refractivity contribution in [3.05, 3.63) is 0 Å². The Morgan fingerprint density at radius 3 is 2.58 bits per heavy atom. The Morgan fingerprint density at radius 1 is 1.42 bits per heavy atom. The molecule has 2 amide bonds. The maximum atomic E-state index is 12.6. The fourth-order valence-corrected chi connectivity index (χ4v) is 2.89. The van der Waals surface area contributed by atoms with Crippen LogP contribution in [0.2, 0.25) is 0 Å². The number of carbonyl (C=O) groups excluding carboxylic acids is 2. The summed E-state index contributed by atoms with van der Waals surface area (Å²) < 4.78 is 0. The van der Waals surface area contributed by atoms with E-state index in [1.54, 1.807) is 23.6 Å². The Hall–Kier alpha value is -1.15. The molecule has 4 nitrogen and oxygen atoms in total. The molecule has 1 heterocycles. The maximum Gasteiger partial charge on any atom is 0.249 e. The summed E-state index contributed by atoms with van der Waals surface area (Å²) in [6.45, 7) is 6.21. The molecular formula is C14H22N2O2S. The van der Waals surface area contributed by atoms with Gasteiger partial charge >= 0.3 is 0 Å². The fraction of sp³-hybridized carbons (Fsp3) is 0.714. The molecule has 19 heavy (non-hydrogen) atoms. The average molecular weight is 282 g/mol. The monoisotopic (exact) mass is 282 g/mol. The first kappa shape index (κ1) is 15.9. The summed E-state index contributed by atoms with van der Waals surface area (Å²) in [5, 5.41) is 2.89. The molecule has 106 valence electrons. The molecule has 0 aromatic heterocycles. The summed E-state index contributed by atoms with van der Waals surface area (Å²) in [6, 6.07) is -0.398. The Labute approximate surface area is 119 Å². The summed E-state index contributed by atoms with van der Waals surface area (Å²) in [7, 11) is 0. The molecule has 1 rings (SSSR count). The van der Waals surface area contributed by atoms with Crippen molar-refractivity contribution < 1.29 is 9.59 Å². The van der Waals surface area contributed by atoms with Crippen molar-refractivity contribution in [3.8, 4) is 12.3 Å². The number of carbonyl (C=O) groups is 2.